The fourth-order valence-corrected chi connectivity index (χ4v) is 4.75. The Kier molecular flexibility index (Phi) is 4.77. The highest BCUT2D eigenvalue weighted by atomic mass is 32.1. The van der Waals surface area contributed by atoms with E-state index in [1.807, 2.05) is 0 Å². The molecule has 22 heavy (non-hydrogen) atoms. The highest BCUT2D eigenvalue weighted by molar-refractivity contribution is 7.16. The molecular weight excluding hydrogens is 296 g/mol. The number of carbonyl (C=O) groups excluding carboxylic acids is 1. The molecule has 3 rings (SSSR count). The number of quaternary nitrogens is 2. The van der Waals surface area contributed by atoms with E-state index in [4.69, 9.17) is 0 Å². The van der Waals surface area contributed by atoms with Crippen LogP contribution in [-0.2, 0) is 17.6 Å². The van der Waals surface area contributed by atoms with Gasteiger partial charge in [-0.1, -0.05) is 0 Å². The Hall–Kier alpha value is -1.42. The van der Waals surface area contributed by atoms with Crippen molar-refractivity contribution in [3.63, 3.8) is 0 Å². The number of fused-ring (bicyclic) bond motifs is 1. The molecule has 0 radical (unpaired) electrons. The number of likely N-dealkylation sites (N-methyl/N-ethyl adjacent to an activating group) is 1. The number of piperazine rings is 1. The van der Waals surface area contributed by atoms with Crippen molar-refractivity contribution in [3.8, 4) is 6.07 Å². The lowest BCUT2D eigenvalue weighted by Gasteiger charge is -2.28. The van der Waals surface area contributed by atoms with Crippen molar-refractivity contribution in [3.05, 3.63) is 16.0 Å². The van der Waals surface area contributed by atoms with Crippen LogP contribution in [0.25, 0.3) is 0 Å². The molecule has 1 fully saturated rings. The smallest absolute Gasteiger partial charge is 0.280 e. The Morgan fingerprint density at radius 3 is 2.68 bits per heavy atom. The first-order chi connectivity index (χ1) is 10.7. The minimum absolute atomic E-state index is 0.0476. The number of nitrogens with one attached hydrogen (secondary N) is 3. The predicted octanol–water partition coefficient (Wildman–Crippen LogP) is -1.15. The number of amides is 1. The maximum absolute atomic E-state index is 12.3. The molecule has 5 nitrogen and oxygen atoms in total. The van der Waals surface area contributed by atoms with Gasteiger partial charge in [0.25, 0.3) is 5.91 Å². The average molecular weight is 320 g/mol. The summed E-state index contributed by atoms with van der Waals surface area (Å²) in [5.74, 6) is 0.0476. The summed E-state index contributed by atoms with van der Waals surface area (Å²) in [4.78, 5) is 16.6. The van der Waals surface area contributed by atoms with E-state index in [9.17, 15) is 10.1 Å². The van der Waals surface area contributed by atoms with E-state index in [2.05, 4.69) is 18.3 Å². The highest BCUT2D eigenvalue weighted by Crippen LogP contribution is 2.38. The van der Waals surface area contributed by atoms with Crippen LogP contribution in [0.2, 0.25) is 0 Å². The summed E-state index contributed by atoms with van der Waals surface area (Å²) in [6.45, 7) is 8.32. The lowest BCUT2D eigenvalue weighted by atomic mass is 10.1. The van der Waals surface area contributed by atoms with Crippen LogP contribution in [0.4, 0.5) is 5.00 Å². The van der Waals surface area contributed by atoms with E-state index in [0.29, 0.717) is 12.1 Å². The molecule has 0 unspecified atom stereocenters. The molecule has 0 bridgehead atoms. The Morgan fingerprint density at radius 1 is 1.27 bits per heavy atom. The number of nitriles is 1. The largest absolute Gasteiger partial charge is 0.326 e. The lowest BCUT2D eigenvalue weighted by molar-refractivity contribution is -1.01. The van der Waals surface area contributed by atoms with Gasteiger partial charge in [0.1, 0.15) is 37.2 Å². The fraction of sp³-hybridized carbons (Fsp3) is 0.625. The van der Waals surface area contributed by atoms with Gasteiger partial charge in [-0.2, -0.15) is 5.26 Å². The van der Waals surface area contributed by atoms with E-state index >= 15 is 0 Å². The third kappa shape index (κ3) is 3.17. The number of anilines is 1. The average Bonchev–Trinajstić information content (AvgIpc) is 3.08. The van der Waals surface area contributed by atoms with Crippen molar-refractivity contribution in [2.24, 2.45) is 0 Å². The molecule has 0 spiro atoms. The van der Waals surface area contributed by atoms with Crippen LogP contribution in [0.15, 0.2) is 0 Å². The quantitative estimate of drug-likeness (QED) is 0.656. The summed E-state index contributed by atoms with van der Waals surface area (Å²) in [5, 5.41) is 13.1. The van der Waals surface area contributed by atoms with Crippen molar-refractivity contribution < 1.29 is 14.6 Å². The van der Waals surface area contributed by atoms with Gasteiger partial charge >= 0.3 is 0 Å². The maximum atomic E-state index is 12.3. The molecule has 6 heteroatoms. The molecule has 1 amide bonds. The van der Waals surface area contributed by atoms with Crippen LogP contribution in [0.5, 0.6) is 0 Å². The molecule has 0 saturated carbocycles. The van der Waals surface area contributed by atoms with Gasteiger partial charge in [0.2, 0.25) is 0 Å². The lowest BCUT2D eigenvalue weighted by Crippen LogP contribution is -3.28. The summed E-state index contributed by atoms with van der Waals surface area (Å²) >= 11 is 1.60. The molecular formula is C16H24N4OS+2. The molecule has 1 aliphatic heterocycles. The molecule has 118 valence electrons. The van der Waals surface area contributed by atoms with Gasteiger partial charge in [0.05, 0.1) is 12.1 Å². The Balaban J connectivity index is 1.58. The van der Waals surface area contributed by atoms with Gasteiger partial charge < -0.3 is 15.1 Å². The van der Waals surface area contributed by atoms with Gasteiger partial charge in [-0.3, -0.25) is 4.79 Å². The molecule has 1 saturated heterocycles. The van der Waals surface area contributed by atoms with E-state index in [0.717, 1.165) is 50.4 Å². The van der Waals surface area contributed by atoms with Crippen LogP contribution < -0.4 is 15.1 Å². The first-order valence-electron chi connectivity index (χ1n) is 8.23. The number of carbonyl (C=O) groups is 1. The van der Waals surface area contributed by atoms with Crippen LogP contribution in [0.3, 0.4) is 0 Å². The summed E-state index contributed by atoms with van der Waals surface area (Å²) in [6.07, 6.45) is 3.17. The van der Waals surface area contributed by atoms with Crippen molar-refractivity contribution in [1.82, 2.24) is 0 Å². The van der Waals surface area contributed by atoms with Crippen molar-refractivity contribution in [2.45, 2.75) is 26.2 Å². The van der Waals surface area contributed by atoms with Gasteiger partial charge in [0.15, 0.2) is 6.54 Å². The molecule has 1 aromatic rings. The molecule has 2 heterocycles. The SMILES string of the molecule is CC[NH+]1CC[NH+](CC(=O)Nc2sc3c(c2C#N)CCC3)CC1. The van der Waals surface area contributed by atoms with Crippen LogP contribution in [0, 0.1) is 11.3 Å². The van der Waals surface area contributed by atoms with Crippen LogP contribution in [-0.4, -0.2) is 45.2 Å². The predicted molar refractivity (Wildman–Crippen MR) is 86.5 cm³/mol. The second-order valence-corrected chi connectivity index (χ2v) is 7.36. The first kappa shape index (κ1) is 15.5. The fourth-order valence-electron chi connectivity index (χ4n) is 3.50. The monoisotopic (exact) mass is 320 g/mol. The van der Waals surface area contributed by atoms with Crippen LogP contribution >= 0.6 is 11.3 Å². The van der Waals surface area contributed by atoms with E-state index in [1.165, 1.54) is 21.9 Å². The second kappa shape index (κ2) is 6.78. The van der Waals surface area contributed by atoms with Gasteiger partial charge in [-0.05, 0) is 31.7 Å². The maximum Gasteiger partial charge on any atom is 0.280 e. The Morgan fingerprint density at radius 2 is 2.00 bits per heavy atom. The molecule has 0 aromatic carbocycles. The number of aryl methyl sites for hydroxylation is 1. The first-order valence-corrected chi connectivity index (χ1v) is 9.04. The van der Waals surface area contributed by atoms with Crippen molar-refractivity contribution >= 4 is 22.2 Å². The number of hydrogen-bond acceptors (Lipinski definition) is 3. The topological polar surface area (TPSA) is 61.8 Å². The Labute approximate surface area is 135 Å². The summed E-state index contributed by atoms with van der Waals surface area (Å²) < 4.78 is 0. The number of rotatable bonds is 4. The van der Waals surface area contributed by atoms with Gasteiger partial charge in [-0.25, -0.2) is 0 Å². The zero-order valence-electron chi connectivity index (χ0n) is 13.1. The zero-order valence-corrected chi connectivity index (χ0v) is 13.9. The molecule has 0 atom stereocenters. The number of nitrogens with zero attached hydrogens (tertiary/aromatic N) is 1. The zero-order chi connectivity index (χ0) is 15.5. The third-order valence-electron chi connectivity index (χ3n) is 4.86. The molecule has 1 aromatic heterocycles. The minimum atomic E-state index is 0.0476. The standard InChI is InChI=1S/C16H22N4OS/c1-2-19-6-8-20(9-7-19)11-15(21)18-16-13(10-17)12-4-3-5-14(12)22-16/h2-9,11H2,1H3,(H,18,21)/p+2. The molecule has 1 aliphatic carbocycles. The van der Waals surface area contributed by atoms with E-state index in [-0.39, 0.29) is 5.91 Å². The van der Waals surface area contributed by atoms with Gasteiger partial charge in [0, 0.05) is 4.88 Å². The molecule has 2 aliphatic rings. The number of thiophene rings is 1. The molecule has 3 N–H and O–H groups in total. The Bertz CT molecular complexity index is 596. The minimum Gasteiger partial charge on any atom is -0.326 e. The summed E-state index contributed by atoms with van der Waals surface area (Å²) in [5.41, 5.74) is 1.89. The van der Waals surface area contributed by atoms with Crippen molar-refractivity contribution in [2.75, 3.05) is 44.6 Å². The second-order valence-electron chi connectivity index (χ2n) is 6.25. The van der Waals surface area contributed by atoms with Gasteiger partial charge in [-0.15, -0.1) is 11.3 Å². The van der Waals surface area contributed by atoms with Crippen LogP contribution in [0.1, 0.15) is 29.3 Å². The van der Waals surface area contributed by atoms with E-state index < -0.39 is 0 Å². The number of hydrogen-bond donors (Lipinski definition) is 3. The van der Waals surface area contributed by atoms with Crippen molar-refractivity contribution in [1.29, 1.82) is 5.26 Å². The third-order valence-corrected chi connectivity index (χ3v) is 6.07. The van der Waals surface area contributed by atoms with E-state index in [1.54, 1.807) is 16.2 Å². The highest BCUT2D eigenvalue weighted by Gasteiger charge is 2.26. The summed E-state index contributed by atoms with van der Waals surface area (Å²) in [7, 11) is 0. The normalized spacial score (nSPS) is 23.8. The summed E-state index contributed by atoms with van der Waals surface area (Å²) in [6, 6.07) is 2.28.